The summed E-state index contributed by atoms with van der Waals surface area (Å²) in [6.07, 6.45) is 0. The van der Waals surface area contributed by atoms with Crippen LogP contribution in [0.3, 0.4) is 0 Å². The van der Waals surface area contributed by atoms with Gasteiger partial charge in [-0.15, -0.1) is 0 Å². The average Bonchev–Trinajstić information content (AvgIpc) is 2.69. The van der Waals surface area contributed by atoms with Crippen molar-refractivity contribution in [3.05, 3.63) is 91.0 Å². The Balaban J connectivity index is 2.23. The molecule has 0 heterocycles. The minimum atomic E-state index is -1.72. The van der Waals surface area contributed by atoms with Crippen molar-refractivity contribution in [1.82, 2.24) is 0 Å². The highest BCUT2D eigenvalue weighted by Crippen LogP contribution is 2.39. The van der Waals surface area contributed by atoms with E-state index in [-0.39, 0.29) is 0 Å². The molecule has 3 aromatic carbocycles. The van der Waals surface area contributed by atoms with Gasteiger partial charge in [0.15, 0.2) is 0 Å². The number of rotatable bonds is 6. The Morgan fingerprint density at radius 1 is 0.393 bits per heavy atom. The Bertz CT molecular complexity index is 762. The van der Waals surface area contributed by atoms with E-state index >= 15 is 0 Å². The standard InChI is InChI=1S/C25H34Si3/c1-26(2,22-16-10-7-11-17-22)25(27(3,4)23-18-12-8-13-19-23)28(5,6)24-20-14-9-15-21-24/h7-21,25H,1-6H3. The highest BCUT2D eigenvalue weighted by atomic mass is 28.5. The van der Waals surface area contributed by atoms with Gasteiger partial charge >= 0.3 is 0 Å². The third-order valence-electron chi connectivity index (χ3n) is 6.72. The van der Waals surface area contributed by atoms with Gasteiger partial charge < -0.3 is 0 Å². The van der Waals surface area contributed by atoms with E-state index in [2.05, 4.69) is 130 Å². The van der Waals surface area contributed by atoms with E-state index in [1.807, 2.05) is 0 Å². The van der Waals surface area contributed by atoms with Gasteiger partial charge in [0, 0.05) is 0 Å². The average molecular weight is 419 g/mol. The van der Waals surface area contributed by atoms with Crippen LogP contribution in [0.2, 0.25) is 44.1 Å². The SMILES string of the molecule is C[Si](C)(c1ccccc1)C([Si](C)(C)c1ccccc1)[Si](C)(C)c1ccccc1. The van der Waals surface area contributed by atoms with Crippen LogP contribution >= 0.6 is 0 Å². The predicted octanol–water partition coefficient (Wildman–Crippen LogP) is 5.28. The largest absolute Gasteiger partial charge is 0.0791 e. The molecule has 0 fully saturated rings. The first-order valence-corrected chi connectivity index (χ1v) is 19.6. The lowest BCUT2D eigenvalue weighted by atomic mass is 10.4. The molecule has 28 heavy (non-hydrogen) atoms. The summed E-state index contributed by atoms with van der Waals surface area (Å²) in [5.74, 6) is 0. The van der Waals surface area contributed by atoms with Gasteiger partial charge in [0.2, 0.25) is 0 Å². The molecule has 0 atom stereocenters. The lowest BCUT2D eigenvalue weighted by Crippen LogP contribution is -2.70. The molecular weight excluding hydrogens is 385 g/mol. The quantitative estimate of drug-likeness (QED) is 0.478. The normalized spacial score (nSPS) is 13.0. The number of hydrogen-bond acceptors (Lipinski definition) is 0. The molecular formula is C25H34Si3. The van der Waals surface area contributed by atoms with Crippen LogP contribution in [0.25, 0.3) is 0 Å². The van der Waals surface area contributed by atoms with Crippen molar-refractivity contribution in [2.45, 2.75) is 44.1 Å². The molecule has 0 aromatic heterocycles. The molecule has 0 aliphatic heterocycles. The summed E-state index contributed by atoms with van der Waals surface area (Å²) in [6, 6.07) is 34.2. The van der Waals surface area contributed by atoms with E-state index in [0.29, 0.717) is 0 Å². The van der Waals surface area contributed by atoms with Gasteiger partial charge in [0.25, 0.3) is 0 Å². The topological polar surface area (TPSA) is 0 Å². The van der Waals surface area contributed by atoms with Crippen molar-refractivity contribution in [1.29, 1.82) is 0 Å². The van der Waals surface area contributed by atoms with E-state index in [4.69, 9.17) is 0 Å². The van der Waals surface area contributed by atoms with Crippen LogP contribution in [-0.4, -0.2) is 24.2 Å². The molecule has 0 bridgehead atoms. The third kappa shape index (κ3) is 3.89. The third-order valence-corrected chi connectivity index (χ3v) is 29.5. The summed E-state index contributed by atoms with van der Waals surface area (Å²) >= 11 is 0. The maximum Gasteiger partial charge on any atom is 0.0791 e. The van der Waals surface area contributed by atoms with Crippen LogP contribution in [0.5, 0.6) is 0 Å². The van der Waals surface area contributed by atoms with Crippen molar-refractivity contribution in [3.8, 4) is 0 Å². The lowest BCUT2D eigenvalue weighted by molar-refractivity contribution is 1.38. The predicted molar refractivity (Wildman–Crippen MR) is 134 cm³/mol. The summed E-state index contributed by atoms with van der Waals surface area (Å²) < 4.78 is 0. The highest BCUT2D eigenvalue weighted by molar-refractivity contribution is 7.22. The van der Waals surface area contributed by atoms with Crippen LogP contribution in [0.1, 0.15) is 0 Å². The maximum atomic E-state index is 2.63. The first-order chi connectivity index (χ1) is 13.2. The van der Waals surface area contributed by atoms with Crippen LogP contribution < -0.4 is 15.6 Å². The molecule has 0 spiro atoms. The molecule has 3 heteroatoms. The zero-order valence-electron chi connectivity index (χ0n) is 18.2. The molecule has 3 rings (SSSR count). The summed E-state index contributed by atoms with van der Waals surface area (Å²) in [5.41, 5.74) is 0. The van der Waals surface area contributed by atoms with Gasteiger partial charge in [0.05, 0.1) is 24.2 Å². The van der Waals surface area contributed by atoms with Crippen LogP contribution in [-0.2, 0) is 0 Å². The van der Waals surface area contributed by atoms with E-state index in [0.717, 1.165) is 4.79 Å². The van der Waals surface area contributed by atoms with E-state index in [9.17, 15) is 0 Å². The Kier molecular flexibility index (Phi) is 5.99. The molecule has 3 aromatic rings. The minimum absolute atomic E-state index is 0.791. The first kappa shape index (κ1) is 21.0. The van der Waals surface area contributed by atoms with Crippen molar-refractivity contribution in [2.75, 3.05) is 0 Å². The van der Waals surface area contributed by atoms with Crippen molar-refractivity contribution in [2.24, 2.45) is 0 Å². The molecule has 0 aliphatic carbocycles. The molecule has 0 radical (unpaired) electrons. The fourth-order valence-corrected chi connectivity index (χ4v) is 34.6. The minimum Gasteiger partial charge on any atom is -0.0656 e. The smallest absolute Gasteiger partial charge is 0.0656 e. The maximum absolute atomic E-state index is 2.63. The highest BCUT2D eigenvalue weighted by Gasteiger charge is 2.53. The second-order valence-corrected chi connectivity index (χ2v) is 25.2. The van der Waals surface area contributed by atoms with Crippen LogP contribution in [0, 0.1) is 0 Å². The zero-order chi connectivity index (χ0) is 20.4. The molecule has 0 unspecified atom stereocenters. The van der Waals surface area contributed by atoms with Gasteiger partial charge in [0.1, 0.15) is 0 Å². The molecule has 146 valence electrons. The summed E-state index contributed by atoms with van der Waals surface area (Å²) in [5, 5.41) is 4.81. The fraction of sp³-hybridized carbons (Fsp3) is 0.280. The van der Waals surface area contributed by atoms with Crippen molar-refractivity contribution < 1.29 is 0 Å². The Labute approximate surface area is 174 Å². The lowest BCUT2D eigenvalue weighted by Gasteiger charge is -2.51. The van der Waals surface area contributed by atoms with E-state index < -0.39 is 24.2 Å². The monoisotopic (exact) mass is 418 g/mol. The molecule has 0 amide bonds. The second kappa shape index (κ2) is 7.97. The van der Waals surface area contributed by atoms with Gasteiger partial charge in [-0.2, -0.15) is 0 Å². The van der Waals surface area contributed by atoms with Crippen LogP contribution in [0.15, 0.2) is 91.0 Å². The Hall–Kier alpha value is -1.69. The van der Waals surface area contributed by atoms with Crippen molar-refractivity contribution >= 4 is 39.8 Å². The molecule has 0 nitrogen and oxygen atoms in total. The van der Waals surface area contributed by atoms with Gasteiger partial charge in [-0.3, -0.25) is 0 Å². The van der Waals surface area contributed by atoms with Crippen molar-refractivity contribution in [3.63, 3.8) is 0 Å². The summed E-state index contributed by atoms with van der Waals surface area (Å²) in [4.78, 5) is 0.791. The summed E-state index contributed by atoms with van der Waals surface area (Å²) in [6.45, 7) is 15.8. The number of hydrogen-bond donors (Lipinski definition) is 0. The Morgan fingerprint density at radius 2 is 0.607 bits per heavy atom. The first-order valence-electron chi connectivity index (χ1n) is 10.3. The molecule has 0 aliphatic rings. The molecule has 0 saturated heterocycles. The van der Waals surface area contributed by atoms with Gasteiger partial charge in [-0.1, -0.05) is 146 Å². The zero-order valence-corrected chi connectivity index (χ0v) is 21.2. The molecule has 0 N–H and O–H groups in total. The summed E-state index contributed by atoms with van der Waals surface area (Å²) in [7, 11) is -5.17. The van der Waals surface area contributed by atoms with E-state index in [1.54, 1.807) is 15.6 Å². The molecule has 0 saturated carbocycles. The fourth-order valence-electron chi connectivity index (χ4n) is 5.81. The van der Waals surface area contributed by atoms with Gasteiger partial charge in [-0.25, -0.2) is 0 Å². The van der Waals surface area contributed by atoms with Crippen LogP contribution in [0.4, 0.5) is 0 Å². The van der Waals surface area contributed by atoms with E-state index in [1.165, 1.54) is 0 Å². The second-order valence-electron chi connectivity index (χ2n) is 9.70. The Morgan fingerprint density at radius 3 is 0.821 bits per heavy atom. The number of benzene rings is 3. The van der Waals surface area contributed by atoms with Gasteiger partial charge in [-0.05, 0) is 4.79 Å².